The molecule has 0 radical (unpaired) electrons. The van der Waals surface area contributed by atoms with Gasteiger partial charge in [0.2, 0.25) is 0 Å². The first-order valence-electron chi connectivity index (χ1n) is 8.39. The zero-order chi connectivity index (χ0) is 13.8. The van der Waals surface area contributed by atoms with Gasteiger partial charge in [0, 0.05) is 12.5 Å². The molecule has 3 atom stereocenters. The normalized spacial score (nSPS) is 30.1. The van der Waals surface area contributed by atoms with E-state index in [0.29, 0.717) is 5.92 Å². The van der Waals surface area contributed by atoms with Gasteiger partial charge in [-0.15, -0.1) is 10.2 Å². The fraction of sp³-hybridized carbons (Fsp3) is 0.875. The van der Waals surface area contributed by atoms with E-state index in [4.69, 9.17) is 0 Å². The fourth-order valence-electron chi connectivity index (χ4n) is 3.97. The minimum atomic E-state index is 0.701. The molecule has 1 heterocycles. The third-order valence-electron chi connectivity index (χ3n) is 5.07. The Balaban J connectivity index is 1.56. The number of fused-ring (bicyclic) bond motifs is 1. The molecule has 0 amide bonds. The third kappa shape index (κ3) is 3.40. The quantitative estimate of drug-likeness (QED) is 0.830. The second-order valence-corrected chi connectivity index (χ2v) is 7.62. The summed E-state index contributed by atoms with van der Waals surface area (Å²) in [5.74, 6) is 2.71. The first-order valence-corrected chi connectivity index (χ1v) is 9.21. The number of nitrogens with zero attached hydrogens (tertiary/aromatic N) is 2. The highest BCUT2D eigenvalue weighted by Crippen LogP contribution is 2.46. The summed E-state index contributed by atoms with van der Waals surface area (Å²) >= 11 is 1.84. The van der Waals surface area contributed by atoms with E-state index < -0.39 is 0 Å². The Morgan fingerprint density at radius 1 is 1.10 bits per heavy atom. The molecule has 0 saturated heterocycles. The summed E-state index contributed by atoms with van der Waals surface area (Å²) in [4.78, 5) is 0. The summed E-state index contributed by atoms with van der Waals surface area (Å²) < 4.78 is 0. The van der Waals surface area contributed by atoms with Crippen LogP contribution in [0.3, 0.4) is 0 Å². The Labute approximate surface area is 126 Å². The lowest BCUT2D eigenvalue weighted by molar-refractivity contribution is 0.155. The second-order valence-electron chi connectivity index (χ2n) is 6.53. The van der Waals surface area contributed by atoms with E-state index in [1.807, 2.05) is 11.3 Å². The second kappa shape index (κ2) is 6.99. The average molecular weight is 293 g/mol. The van der Waals surface area contributed by atoms with Crippen LogP contribution in [0.15, 0.2) is 0 Å². The topological polar surface area (TPSA) is 37.8 Å². The molecule has 4 heteroatoms. The Kier molecular flexibility index (Phi) is 5.05. The van der Waals surface area contributed by atoms with Crippen molar-refractivity contribution in [3.8, 4) is 0 Å². The number of aromatic nitrogens is 2. The van der Waals surface area contributed by atoms with Gasteiger partial charge in [-0.25, -0.2) is 0 Å². The molecule has 0 aromatic carbocycles. The van der Waals surface area contributed by atoms with Crippen LogP contribution in [-0.4, -0.2) is 16.7 Å². The van der Waals surface area contributed by atoms with Crippen molar-refractivity contribution in [3.05, 3.63) is 10.0 Å². The molecule has 1 N–H and O–H groups in total. The lowest BCUT2D eigenvalue weighted by atomic mass is 9.68. The lowest BCUT2D eigenvalue weighted by Crippen LogP contribution is -2.26. The van der Waals surface area contributed by atoms with E-state index in [0.717, 1.165) is 24.9 Å². The molecule has 20 heavy (non-hydrogen) atoms. The van der Waals surface area contributed by atoms with Crippen molar-refractivity contribution < 1.29 is 0 Å². The molecular weight excluding hydrogens is 266 g/mol. The first kappa shape index (κ1) is 14.5. The van der Waals surface area contributed by atoms with Crippen LogP contribution in [0.25, 0.3) is 0 Å². The predicted octanol–water partition coefficient (Wildman–Crippen LogP) is 4.11. The predicted molar refractivity (Wildman–Crippen MR) is 83.9 cm³/mol. The van der Waals surface area contributed by atoms with Gasteiger partial charge in [-0.2, -0.15) is 0 Å². The Bertz CT molecular complexity index is 418. The zero-order valence-electron chi connectivity index (χ0n) is 12.6. The molecule has 3 unspecified atom stereocenters. The van der Waals surface area contributed by atoms with Crippen LogP contribution in [0.4, 0.5) is 0 Å². The molecule has 2 fully saturated rings. The number of rotatable bonds is 5. The maximum absolute atomic E-state index is 4.48. The van der Waals surface area contributed by atoms with Crippen molar-refractivity contribution in [2.24, 2.45) is 11.8 Å². The first-order chi connectivity index (χ1) is 9.86. The van der Waals surface area contributed by atoms with E-state index in [2.05, 4.69) is 22.4 Å². The Morgan fingerprint density at radius 2 is 1.95 bits per heavy atom. The largest absolute Gasteiger partial charge is 0.310 e. The van der Waals surface area contributed by atoms with Crippen LogP contribution in [0.5, 0.6) is 0 Å². The minimum Gasteiger partial charge on any atom is -0.310 e. The average Bonchev–Trinajstić information content (AvgIpc) is 2.96. The van der Waals surface area contributed by atoms with Gasteiger partial charge in [0.05, 0.1) is 0 Å². The minimum absolute atomic E-state index is 0.701. The van der Waals surface area contributed by atoms with Crippen molar-refractivity contribution in [3.63, 3.8) is 0 Å². The smallest absolute Gasteiger partial charge is 0.131 e. The third-order valence-corrected chi connectivity index (χ3v) is 6.16. The fourth-order valence-corrected chi connectivity index (χ4v) is 4.93. The molecule has 3 rings (SSSR count). The number of nitrogens with one attached hydrogen (secondary N) is 1. The van der Waals surface area contributed by atoms with Crippen LogP contribution in [0.2, 0.25) is 0 Å². The monoisotopic (exact) mass is 293 g/mol. The summed E-state index contributed by atoms with van der Waals surface area (Å²) in [6.07, 6.45) is 11.2. The molecule has 2 saturated carbocycles. The highest BCUT2D eigenvalue weighted by molar-refractivity contribution is 7.11. The van der Waals surface area contributed by atoms with Crippen molar-refractivity contribution in [2.75, 3.05) is 6.54 Å². The summed E-state index contributed by atoms with van der Waals surface area (Å²) in [6, 6.07) is 0. The standard InChI is InChI=1S/C16H27N3S/c1-2-9-17-11-15-18-19-16(20-15)14-8-7-12-5-3-4-6-13(12)10-14/h12-14,17H,2-11H2,1H3. The molecule has 2 aliphatic carbocycles. The number of hydrogen-bond acceptors (Lipinski definition) is 4. The van der Waals surface area contributed by atoms with Gasteiger partial charge < -0.3 is 5.32 Å². The van der Waals surface area contributed by atoms with E-state index in [-0.39, 0.29) is 0 Å². The van der Waals surface area contributed by atoms with Crippen LogP contribution in [-0.2, 0) is 6.54 Å². The van der Waals surface area contributed by atoms with E-state index in [1.54, 1.807) is 0 Å². The Morgan fingerprint density at radius 3 is 2.80 bits per heavy atom. The van der Waals surface area contributed by atoms with Gasteiger partial charge in [-0.3, -0.25) is 0 Å². The highest BCUT2D eigenvalue weighted by Gasteiger charge is 2.33. The maximum Gasteiger partial charge on any atom is 0.131 e. The van der Waals surface area contributed by atoms with Crippen molar-refractivity contribution in [2.45, 2.75) is 70.8 Å². The summed E-state index contributed by atoms with van der Waals surface area (Å²) in [5.41, 5.74) is 0. The molecule has 1 aromatic rings. The van der Waals surface area contributed by atoms with Gasteiger partial charge in [-0.1, -0.05) is 43.9 Å². The van der Waals surface area contributed by atoms with Crippen molar-refractivity contribution in [1.29, 1.82) is 0 Å². The van der Waals surface area contributed by atoms with Crippen molar-refractivity contribution >= 4 is 11.3 Å². The SMILES string of the molecule is CCCNCc1nnc(C2CCC3CCCCC3C2)s1. The van der Waals surface area contributed by atoms with E-state index in [1.165, 1.54) is 61.4 Å². The van der Waals surface area contributed by atoms with Crippen LogP contribution in [0.1, 0.15) is 74.2 Å². The summed E-state index contributed by atoms with van der Waals surface area (Å²) in [7, 11) is 0. The summed E-state index contributed by atoms with van der Waals surface area (Å²) in [5, 5.41) is 14.8. The van der Waals surface area contributed by atoms with E-state index in [9.17, 15) is 0 Å². The molecule has 3 nitrogen and oxygen atoms in total. The Hall–Kier alpha value is -0.480. The van der Waals surface area contributed by atoms with Gasteiger partial charge >= 0.3 is 0 Å². The zero-order valence-corrected chi connectivity index (χ0v) is 13.4. The summed E-state index contributed by atoms with van der Waals surface area (Å²) in [6.45, 7) is 4.16. The lowest BCUT2D eigenvalue weighted by Gasteiger charge is -2.38. The van der Waals surface area contributed by atoms with Gasteiger partial charge in [0.25, 0.3) is 0 Å². The molecule has 0 aliphatic heterocycles. The molecule has 0 spiro atoms. The molecule has 0 bridgehead atoms. The maximum atomic E-state index is 4.48. The van der Waals surface area contributed by atoms with Gasteiger partial charge in [-0.05, 0) is 44.1 Å². The van der Waals surface area contributed by atoms with Gasteiger partial charge in [0.1, 0.15) is 10.0 Å². The van der Waals surface area contributed by atoms with Crippen LogP contribution >= 0.6 is 11.3 Å². The van der Waals surface area contributed by atoms with Crippen LogP contribution < -0.4 is 5.32 Å². The molecule has 1 aromatic heterocycles. The highest BCUT2D eigenvalue weighted by atomic mass is 32.1. The number of hydrogen-bond donors (Lipinski definition) is 1. The molecule has 112 valence electrons. The van der Waals surface area contributed by atoms with E-state index >= 15 is 0 Å². The van der Waals surface area contributed by atoms with Crippen LogP contribution in [0, 0.1) is 11.8 Å². The van der Waals surface area contributed by atoms with Gasteiger partial charge in [0.15, 0.2) is 0 Å². The molecular formula is C16H27N3S. The van der Waals surface area contributed by atoms with Crippen molar-refractivity contribution in [1.82, 2.24) is 15.5 Å². The molecule has 2 aliphatic rings.